The maximum atomic E-state index is 12.7. The van der Waals surface area contributed by atoms with Crippen LogP contribution in [0.1, 0.15) is 11.1 Å². The van der Waals surface area contributed by atoms with Crippen molar-refractivity contribution in [1.29, 1.82) is 0 Å². The van der Waals surface area contributed by atoms with Crippen molar-refractivity contribution in [3.63, 3.8) is 0 Å². The smallest absolute Gasteiger partial charge is 0.416 e. The number of nitrogens with one attached hydrogen (secondary N) is 2. The lowest BCUT2D eigenvalue weighted by molar-refractivity contribution is -0.385. The second-order valence-electron chi connectivity index (χ2n) is 5.06. The zero-order valence-electron chi connectivity index (χ0n) is 13.8. The molecule has 0 bridgehead atoms. The zero-order valence-corrected chi connectivity index (χ0v) is 14.6. The summed E-state index contributed by atoms with van der Waals surface area (Å²) >= 11 is 4.85. The van der Waals surface area contributed by atoms with Crippen LogP contribution in [0.3, 0.4) is 0 Å². The summed E-state index contributed by atoms with van der Waals surface area (Å²) in [7, 11) is 1.62. The summed E-state index contributed by atoms with van der Waals surface area (Å²) < 4.78 is 43.6. The van der Waals surface area contributed by atoms with Gasteiger partial charge in [-0.25, -0.2) is 0 Å². The third-order valence-corrected chi connectivity index (χ3v) is 3.47. The molecule has 0 radical (unpaired) electrons. The lowest BCUT2D eigenvalue weighted by Crippen LogP contribution is -2.28. The van der Waals surface area contributed by atoms with Gasteiger partial charge in [-0.15, -0.1) is 0 Å². The van der Waals surface area contributed by atoms with E-state index in [0.717, 1.165) is 12.1 Å². The van der Waals surface area contributed by atoms with Gasteiger partial charge in [0.05, 0.1) is 16.7 Å². The third-order valence-electron chi connectivity index (χ3n) is 3.18. The van der Waals surface area contributed by atoms with Gasteiger partial charge in [-0.2, -0.15) is 18.3 Å². The first-order valence-electron chi connectivity index (χ1n) is 7.35. The SMILES string of the molecule is CNC(=S)NN=Cc1cccc(Oc2ccc(C(F)(F)F)cc2[N+](=O)[O-])c1. The monoisotopic (exact) mass is 398 g/mol. The minimum Gasteiger partial charge on any atom is -0.450 e. The minimum atomic E-state index is -4.69. The lowest BCUT2D eigenvalue weighted by atomic mass is 10.2. The Hall–Kier alpha value is -3.21. The van der Waals surface area contributed by atoms with E-state index in [2.05, 4.69) is 15.8 Å². The van der Waals surface area contributed by atoms with Crippen molar-refractivity contribution in [2.24, 2.45) is 5.10 Å². The second-order valence-corrected chi connectivity index (χ2v) is 5.47. The normalized spacial score (nSPS) is 11.3. The number of nitro groups is 1. The van der Waals surface area contributed by atoms with Crippen molar-refractivity contribution in [2.75, 3.05) is 7.05 Å². The number of alkyl halides is 3. The lowest BCUT2D eigenvalue weighted by Gasteiger charge is -2.10. The van der Waals surface area contributed by atoms with Gasteiger partial charge in [-0.1, -0.05) is 12.1 Å². The number of ether oxygens (including phenoxy) is 1. The van der Waals surface area contributed by atoms with Gasteiger partial charge in [-0.05, 0) is 42.0 Å². The molecule has 0 heterocycles. The van der Waals surface area contributed by atoms with E-state index in [9.17, 15) is 23.3 Å². The van der Waals surface area contributed by atoms with Crippen LogP contribution in [0.4, 0.5) is 18.9 Å². The molecule has 0 atom stereocenters. The molecule has 2 rings (SSSR count). The molecule has 0 fully saturated rings. The van der Waals surface area contributed by atoms with Crippen molar-refractivity contribution >= 4 is 29.2 Å². The molecular weight excluding hydrogens is 385 g/mol. The van der Waals surface area contributed by atoms with Crippen LogP contribution in [-0.4, -0.2) is 23.3 Å². The molecule has 11 heteroatoms. The summed E-state index contributed by atoms with van der Waals surface area (Å²) in [6.07, 6.45) is -3.27. The first-order chi connectivity index (χ1) is 12.7. The number of thiocarbonyl (C=S) groups is 1. The molecule has 2 aromatic rings. The fraction of sp³-hybridized carbons (Fsp3) is 0.125. The molecule has 0 unspecified atom stereocenters. The maximum absolute atomic E-state index is 12.7. The van der Waals surface area contributed by atoms with Crippen LogP contribution in [0.5, 0.6) is 11.5 Å². The van der Waals surface area contributed by atoms with Gasteiger partial charge in [0.2, 0.25) is 5.75 Å². The number of benzene rings is 2. The Balaban J connectivity index is 2.25. The highest BCUT2D eigenvalue weighted by Gasteiger charge is 2.33. The molecule has 0 aliphatic rings. The van der Waals surface area contributed by atoms with Gasteiger partial charge < -0.3 is 10.1 Å². The molecule has 142 valence electrons. The Morgan fingerprint density at radius 2 is 2.04 bits per heavy atom. The van der Waals surface area contributed by atoms with Gasteiger partial charge >= 0.3 is 11.9 Å². The fourth-order valence-electron chi connectivity index (χ4n) is 1.93. The zero-order chi connectivity index (χ0) is 20.0. The number of halogens is 3. The van der Waals surface area contributed by atoms with Crippen LogP contribution < -0.4 is 15.5 Å². The number of hydrazone groups is 1. The third kappa shape index (κ3) is 5.64. The number of nitrogens with zero attached hydrogens (tertiary/aromatic N) is 2. The quantitative estimate of drug-likeness (QED) is 0.344. The Bertz CT molecular complexity index is 887. The topological polar surface area (TPSA) is 88.8 Å². The molecule has 2 aromatic carbocycles. The van der Waals surface area contributed by atoms with Gasteiger partial charge in [0.25, 0.3) is 0 Å². The minimum absolute atomic E-state index is 0.193. The van der Waals surface area contributed by atoms with Crippen molar-refractivity contribution in [1.82, 2.24) is 10.7 Å². The largest absolute Gasteiger partial charge is 0.450 e. The predicted molar refractivity (Wildman–Crippen MR) is 97.0 cm³/mol. The molecule has 0 amide bonds. The molecule has 0 aliphatic carbocycles. The number of nitro benzene ring substituents is 1. The number of rotatable bonds is 5. The Labute approximate surface area is 157 Å². The van der Waals surface area contributed by atoms with E-state index >= 15 is 0 Å². The van der Waals surface area contributed by atoms with Crippen LogP contribution in [0.25, 0.3) is 0 Å². The van der Waals surface area contributed by atoms with Gasteiger partial charge in [0.15, 0.2) is 5.11 Å². The molecule has 0 saturated heterocycles. The molecule has 7 nitrogen and oxygen atoms in total. The van der Waals surface area contributed by atoms with E-state index in [1.807, 2.05) is 0 Å². The summed E-state index contributed by atoms with van der Waals surface area (Å²) in [5.74, 6) is -0.116. The second kappa shape index (κ2) is 8.45. The Kier molecular flexibility index (Phi) is 6.29. The first kappa shape index (κ1) is 20.1. The highest BCUT2D eigenvalue weighted by molar-refractivity contribution is 7.80. The van der Waals surface area contributed by atoms with Crippen molar-refractivity contribution in [3.05, 3.63) is 63.7 Å². The van der Waals surface area contributed by atoms with E-state index in [0.29, 0.717) is 16.7 Å². The average Bonchev–Trinajstić information content (AvgIpc) is 2.61. The molecule has 0 spiro atoms. The molecular formula is C16H13F3N4O3S. The molecule has 0 aromatic heterocycles. The van der Waals surface area contributed by atoms with Crippen molar-refractivity contribution < 1.29 is 22.8 Å². The molecule has 27 heavy (non-hydrogen) atoms. The van der Waals surface area contributed by atoms with E-state index in [1.54, 1.807) is 19.2 Å². The van der Waals surface area contributed by atoms with Crippen LogP contribution in [0.2, 0.25) is 0 Å². The summed E-state index contributed by atoms with van der Waals surface area (Å²) in [5, 5.41) is 17.9. The van der Waals surface area contributed by atoms with Crippen LogP contribution in [0.15, 0.2) is 47.6 Å². The van der Waals surface area contributed by atoms with Crippen LogP contribution in [0, 0.1) is 10.1 Å². The summed E-state index contributed by atoms with van der Waals surface area (Å²) in [6.45, 7) is 0. The Morgan fingerprint density at radius 1 is 1.30 bits per heavy atom. The maximum Gasteiger partial charge on any atom is 0.416 e. The Morgan fingerprint density at radius 3 is 2.67 bits per heavy atom. The van der Waals surface area contributed by atoms with E-state index in [-0.39, 0.29) is 11.5 Å². The summed E-state index contributed by atoms with van der Waals surface area (Å²) in [4.78, 5) is 10.2. The van der Waals surface area contributed by atoms with E-state index in [1.165, 1.54) is 18.3 Å². The van der Waals surface area contributed by atoms with Gasteiger partial charge in [0, 0.05) is 13.1 Å². The molecule has 2 N–H and O–H groups in total. The summed E-state index contributed by atoms with van der Waals surface area (Å²) in [6, 6.07) is 8.36. The fourth-order valence-corrected chi connectivity index (χ4v) is 1.98. The number of hydrogen-bond acceptors (Lipinski definition) is 5. The first-order valence-corrected chi connectivity index (χ1v) is 7.76. The molecule has 0 aliphatic heterocycles. The number of hydrogen-bond donors (Lipinski definition) is 2. The molecule has 0 saturated carbocycles. The summed E-state index contributed by atoms with van der Waals surface area (Å²) in [5.41, 5.74) is 1.21. The van der Waals surface area contributed by atoms with Crippen LogP contribution >= 0.6 is 12.2 Å². The highest BCUT2D eigenvalue weighted by Crippen LogP contribution is 2.37. The van der Waals surface area contributed by atoms with E-state index < -0.39 is 22.4 Å². The van der Waals surface area contributed by atoms with Crippen molar-refractivity contribution in [3.8, 4) is 11.5 Å². The highest BCUT2D eigenvalue weighted by atomic mass is 32.1. The van der Waals surface area contributed by atoms with E-state index in [4.69, 9.17) is 17.0 Å². The predicted octanol–water partition coefficient (Wildman–Crippen LogP) is 3.83. The average molecular weight is 398 g/mol. The van der Waals surface area contributed by atoms with Gasteiger partial charge in [-0.3, -0.25) is 15.5 Å². The van der Waals surface area contributed by atoms with Gasteiger partial charge in [0.1, 0.15) is 5.75 Å². The van der Waals surface area contributed by atoms with Crippen molar-refractivity contribution in [2.45, 2.75) is 6.18 Å². The standard InChI is InChI=1S/C16H13F3N4O3S/c1-20-15(27)22-21-9-10-3-2-4-12(7-10)26-14-6-5-11(16(17,18)19)8-13(14)23(24)25/h2-9H,1H3,(H2,20,22,27). The van der Waals surface area contributed by atoms with Crippen LogP contribution in [-0.2, 0) is 6.18 Å².